The van der Waals surface area contributed by atoms with E-state index in [0.717, 1.165) is 0 Å². The maximum Gasteiger partial charge on any atom is 0.145 e. The van der Waals surface area contributed by atoms with E-state index >= 15 is 0 Å². The van der Waals surface area contributed by atoms with E-state index < -0.39 is 15.7 Å². The molecular formula is C14H20FNO2S. The molecule has 1 atom stereocenters. The molecule has 0 aliphatic heterocycles. The highest BCUT2D eigenvalue weighted by Gasteiger charge is 2.20. The molecule has 0 amide bonds. The van der Waals surface area contributed by atoms with Gasteiger partial charge in [-0.05, 0) is 52.8 Å². The van der Waals surface area contributed by atoms with Gasteiger partial charge in [0.1, 0.15) is 22.6 Å². The van der Waals surface area contributed by atoms with Gasteiger partial charge in [-0.2, -0.15) is 4.40 Å². The first-order chi connectivity index (χ1) is 8.75. The van der Waals surface area contributed by atoms with Gasteiger partial charge in [-0.3, -0.25) is 0 Å². The summed E-state index contributed by atoms with van der Waals surface area (Å²) in [4.78, 5) is 0. The fraction of sp³-hybridized carbons (Fsp3) is 0.500. The van der Waals surface area contributed by atoms with E-state index in [-0.39, 0.29) is 5.82 Å². The van der Waals surface area contributed by atoms with Gasteiger partial charge in [0.15, 0.2) is 0 Å². The number of hydrogen-bond donors (Lipinski definition) is 0. The summed E-state index contributed by atoms with van der Waals surface area (Å²) in [5, 5.41) is 0. The summed E-state index contributed by atoms with van der Waals surface area (Å²) in [6, 6.07) is 4.25. The molecule has 0 aromatic heterocycles. The van der Waals surface area contributed by atoms with Crippen LogP contribution in [0.25, 0.3) is 0 Å². The minimum absolute atomic E-state index is 0.366. The van der Waals surface area contributed by atoms with E-state index in [9.17, 15) is 8.60 Å². The lowest BCUT2D eigenvalue weighted by Gasteiger charge is -2.15. The molecule has 19 heavy (non-hydrogen) atoms. The van der Waals surface area contributed by atoms with E-state index in [0.29, 0.717) is 23.6 Å². The normalized spacial score (nSPS) is 14.3. The number of hydrogen-bond acceptors (Lipinski definition) is 2. The Kier molecular flexibility index (Phi) is 5.23. The molecule has 0 bridgehead atoms. The molecule has 0 spiro atoms. The summed E-state index contributed by atoms with van der Waals surface area (Å²) in [6.07, 6.45) is 0. The van der Waals surface area contributed by atoms with Crippen LogP contribution in [-0.4, -0.2) is 21.3 Å². The van der Waals surface area contributed by atoms with Crippen LogP contribution in [0, 0.1) is 5.82 Å². The number of benzene rings is 1. The molecule has 0 saturated heterocycles. The van der Waals surface area contributed by atoms with E-state index in [4.69, 9.17) is 4.74 Å². The largest absolute Gasteiger partial charge is 0.493 e. The summed E-state index contributed by atoms with van der Waals surface area (Å²) in [5.41, 5.74) is 1.05. The smallest absolute Gasteiger partial charge is 0.145 e. The van der Waals surface area contributed by atoms with Gasteiger partial charge in [-0.25, -0.2) is 8.60 Å². The van der Waals surface area contributed by atoms with Crippen molar-refractivity contribution in [1.29, 1.82) is 0 Å². The standard InChI is InChI=1S/C14H20FNO2S/c1-6-18-13-8-7-11(15)9-12(13)10(2)16-19(17)14(3,4)5/h7-9H,6H2,1-5H3/t19-/m0/s1. The Bertz CT molecular complexity index is 507. The Hall–Kier alpha value is -1.23. The molecule has 0 unspecified atom stereocenters. The van der Waals surface area contributed by atoms with Crippen molar-refractivity contribution < 1.29 is 13.3 Å². The molecule has 0 radical (unpaired) electrons. The second-order valence-electron chi connectivity index (χ2n) is 5.11. The minimum atomic E-state index is -1.38. The van der Waals surface area contributed by atoms with Crippen LogP contribution in [0.4, 0.5) is 4.39 Å². The Balaban J connectivity index is 3.17. The Morgan fingerprint density at radius 2 is 2.05 bits per heavy atom. The average molecular weight is 285 g/mol. The fourth-order valence-corrected chi connectivity index (χ4v) is 2.00. The van der Waals surface area contributed by atoms with Crippen molar-refractivity contribution in [3.63, 3.8) is 0 Å². The second kappa shape index (κ2) is 6.28. The zero-order valence-corrected chi connectivity index (χ0v) is 12.8. The van der Waals surface area contributed by atoms with Crippen molar-refractivity contribution in [2.24, 2.45) is 4.40 Å². The minimum Gasteiger partial charge on any atom is -0.493 e. The summed E-state index contributed by atoms with van der Waals surface area (Å²) in [6.45, 7) is 9.57. The van der Waals surface area contributed by atoms with Crippen LogP contribution < -0.4 is 4.74 Å². The lowest BCUT2D eigenvalue weighted by molar-refractivity contribution is 0.339. The summed E-state index contributed by atoms with van der Waals surface area (Å²) < 4.78 is 34.5. The van der Waals surface area contributed by atoms with Crippen molar-refractivity contribution in [3.05, 3.63) is 29.6 Å². The van der Waals surface area contributed by atoms with Gasteiger partial charge in [0.25, 0.3) is 0 Å². The van der Waals surface area contributed by atoms with E-state index in [2.05, 4.69) is 4.40 Å². The average Bonchev–Trinajstić information content (AvgIpc) is 2.30. The van der Waals surface area contributed by atoms with Crippen LogP contribution in [0.5, 0.6) is 5.75 Å². The molecule has 0 heterocycles. The zero-order valence-electron chi connectivity index (χ0n) is 12.0. The Morgan fingerprint density at radius 1 is 1.42 bits per heavy atom. The predicted octanol–water partition coefficient (Wildman–Crippen LogP) is 3.50. The predicted molar refractivity (Wildman–Crippen MR) is 77.7 cm³/mol. The van der Waals surface area contributed by atoms with Crippen molar-refractivity contribution in [3.8, 4) is 5.75 Å². The van der Waals surface area contributed by atoms with Gasteiger partial charge < -0.3 is 4.74 Å². The fourth-order valence-electron chi connectivity index (χ4n) is 1.38. The first kappa shape index (κ1) is 15.8. The van der Waals surface area contributed by atoms with Gasteiger partial charge in [-0.1, -0.05) is 0 Å². The number of nitrogens with zero attached hydrogens (tertiary/aromatic N) is 1. The van der Waals surface area contributed by atoms with Crippen molar-refractivity contribution in [2.45, 2.75) is 39.4 Å². The Morgan fingerprint density at radius 3 is 2.58 bits per heavy atom. The molecule has 0 N–H and O–H groups in total. The molecule has 1 aromatic carbocycles. The molecule has 3 nitrogen and oxygen atoms in total. The third kappa shape index (κ3) is 4.42. The lowest BCUT2D eigenvalue weighted by Crippen LogP contribution is -2.20. The van der Waals surface area contributed by atoms with Crippen molar-refractivity contribution in [1.82, 2.24) is 0 Å². The third-order valence-corrected chi connectivity index (χ3v) is 3.86. The first-order valence-electron chi connectivity index (χ1n) is 6.15. The molecule has 0 saturated carbocycles. The second-order valence-corrected chi connectivity index (χ2v) is 7.02. The van der Waals surface area contributed by atoms with Gasteiger partial charge in [0.05, 0.1) is 17.1 Å². The molecule has 106 valence electrons. The lowest BCUT2D eigenvalue weighted by atomic mass is 10.1. The highest BCUT2D eigenvalue weighted by molar-refractivity contribution is 7.85. The molecule has 0 aliphatic rings. The van der Waals surface area contributed by atoms with E-state index in [1.165, 1.54) is 12.1 Å². The molecule has 5 heteroatoms. The van der Waals surface area contributed by atoms with Gasteiger partial charge in [0.2, 0.25) is 0 Å². The van der Waals surface area contributed by atoms with E-state index in [1.807, 2.05) is 27.7 Å². The van der Waals surface area contributed by atoms with Gasteiger partial charge >= 0.3 is 0 Å². The van der Waals surface area contributed by atoms with Crippen LogP contribution in [-0.2, 0) is 11.0 Å². The van der Waals surface area contributed by atoms with Crippen LogP contribution in [0.15, 0.2) is 22.6 Å². The first-order valence-corrected chi connectivity index (χ1v) is 7.26. The maximum atomic E-state index is 13.3. The monoisotopic (exact) mass is 285 g/mol. The zero-order chi connectivity index (χ0) is 14.6. The van der Waals surface area contributed by atoms with Gasteiger partial charge in [-0.15, -0.1) is 0 Å². The third-order valence-electron chi connectivity index (χ3n) is 2.37. The highest BCUT2D eigenvalue weighted by atomic mass is 32.2. The maximum absolute atomic E-state index is 13.3. The number of rotatable bonds is 4. The summed E-state index contributed by atoms with van der Waals surface area (Å²) in [5.74, 6) is 0.186. The Labute approximate surface area is 116 Å². The van der Waals surface area contributed by atoms with Crippen LogP contribution >= 0.6 is 0 Å². The van der Waals surface area contributed by atoms with Crippen molar-refractivity contribution >= 4 is 16.7 Å². The molecule has 0 fully saturated rings. The molecular weight excluding hydrogens is 265 g/mol. The summed E-state index contributed by atoms with van der Waals surface area (Å²) in [7, 11) is -1.38. The molecule has 1 aromatic rings. The number of ether oxygens (including phenoxy) is 1. The molecule has 0 aliphatic carbocycles. The topological polar surface area (TPSA) is 38.7 Å². The number of halogens is 1. The quantitative estimate of drug-likeness (QED) is 0.794. The SMILES string of the molecule is CCOc1ccc(F)cc1C(C)=N[S@@](=O)C(C)(C)C. The highest BCUT2D eigenvalue weighted by Crippen LogP contribution is 2.22. The van der Waals surface area contributed by atoms with Crippen molar-refractivity contribution in [2.75, 3.05) is 6.61 Å². The van der Waals surface area contributed by atoms with Crippen LogP contribution in [0.2, 0.25) is 0 Å². The summed E-state index contributed by atoms with van der Waals surface area (Å²) >= 11 is 0. The van der Waals surface area contributed by atoms with Gasteiger partial charge in [0, 0.05) is 5.56 Å². The van der Waals surface area contributed by atoms with Crippen LogP contribution in [0.3, 0.4) is 0 Å². The molecule has 1 rings (SSSR count). The van der Waals surface area contributed by atoms with Crippen LogP contribution in [0.1, 0.15) is 40.2 Å². The van der Waals surface area contributed by atoms with E-state index in [1.54, 1.807) is 13.0 Å².